The first-order valence-electron chi connectivity index (χ1n) is 5.73. The average molecular weight is 223 g/mol. The van der Waals surface area contributed by atoms with Crippen LogP contribution in [0.4, 0.5) is 0 Å². The van der Waals surface area contributed by atoms with Crippen molar-refractivity contribution in [1.82, 2.24) is 4.90 Å². The van der Waals surface area contributed by atoms with E-state index in [0.717, 1.165) is 19.4 Å². The summed E-state index contributed by atoms with van der Waals surface area (Å²) >= 11 is 0. The number of methoxy groups -OCH3 is 1. The maximum Gasteiger partial charge on any atom is 0.253 e. The Hall–Kier alpha value is -1.09. The number of likely N-dealkylation sites (tertiary alicyclic amines) is 1. The summed E-state index contributed by atoms with van der Waals surface area (Å²) in [6.45, 7) is 10.9. The molecule has 0 bridgehead atoms. The van der Waals surface area contributed by atoms with Gasteiger partial charge in [0.05, 0.1) is 12.6 Å². The predicted octanol–water partition coefficient (Wildman–Crippen LogP) is 2.00. The van der Waals surface area contributed by atoms with Gasteiger partial charge in [0.15, 0.2) is 0 Å². The molecule has 3 heteroatoms. The Morgan fingerprint density at radius 2 is 2.31 bits per heavy atom. The van der Waals surface area contributed by atoms with Gasteiger partial charge >= 0.3 is 0 Å². The minimum Gasteiger partial charge on any atom is -0.383 e. The maximum absolute atomic E-state index is 12.1. The molecule has 1 heterocycles. The highest BCUT2D eigenvalue weighted by Crippen LogP contribution is 2.24. The second-order valence-corrected chi connectivity index (χ2v) is 4.37. The molecule has 90 valence electrons. The standard InChI is InChI=1S/C13H21NO2/c1-5-10(2)13(15)14-8-6-7-11(3)12(14)9-16-4/h5,11-12H,1-2,6-9H2,3-4H3/t11-,12-/m1/s1. The van der Waals surface area contributed by atoms with Crippen molar-refractivity contribution in [1.29, 1.82) is 0 Å². The quantitative estimate of drug-likeness (QED) is 0.539. The van der Waals surface area contributed by atoms with Crippen LogP contribution in [0, 0.1) is 5.92 Å². The molecular formula is C13H21NO2. The van der Waals surface area contributed by atoms with E-state index < -0.39 is 0 Å². The molecule has 0 unspecified atom stereocenters. The summed E-state index contributed by atoms with van der Waals surface area (Å²) < 4.78 is 5.20. The Balaban J connectivity index is 2.78. The molecule has 1 aliphatic heterocycles. The Morgan fingerprint density at radius 3 is 2.88 bits per heavy atom. The molecule has 3 nitrogen and oxygen atoms in total. The fraction of sp³-hybridized carbons (Fsp3) is 0.615. The summed E-state index contributed by atoms with van der Waals surface area (Å²) in [7, 11) is 1.67. The van der Waals surface area contributed by atoms with Gasteiger partial charge in [-0.1, -0.05) is 26.2 Å². The number of amides is 1. The van der Waals surface area contributed by atoms with Gasteiger partial charge in [-0.15, -0.1) is 0 Å². The average Bonchev–Trinajstić information content (AvgIpc) is 2.30. The van der Waals surface area contributed by atoms with E-state index in [1.807, 2.05) is 4.90 Å². The lowest BCUT2D eigenvalue weighted by atomic mass is 9.90. The number of hydrogen-bond acceptors (Lipinski definition) is 2. The lowest BCUT2D eigenvalue weighted by molar-refractivity contribution is -0.133. The summed E-state index contributed by atoms with van der Waals surface area (Å²) in [4.78, 5) is 13.9. The smallest absolute Gasteiger partial charge is 0.253 e. The summed E-state index contributed by atoms with van der Waals surface area (Å²) in [6.07, 6.45) is 3.72. The molecule has 1 amide bonds. The molecule has 0 aliphatic carbocycles. The second-order valence-electron chi connectivity index (χ2n) is 4.37. The molecule has 0 saturated carbocycles. The number of ether oxygens (including phenoxy) is 1. The highest BCUT2D eigenvalue weighted by atomic mass is 16.5. The predicted molar refractivity (Wildman–Crippen MR) is 65.1 cm³/mol. The molecule has 0 aromatic rings. The summed E-state index contributed by atoms with van der Waals surface area (Å²) in [5.74, 6) is 0.471. The van der Waals surface area contributed by atoms with Crippen LogP contribution in [0.1, 0.15) is 19.8 Å². The molecular weight excluding hydrogens is 202 g/mol. The van der Waals surface area contributed by atoms with E-state index in [0.29, 0.717) is 18.1 Å². The zero-order valence-corrected chi connectivity index (χ0v) is 10.2. The van der Waals surface area contributed by atoms with Crippen LogP contribution < -0.4 is 0 Å². The maximum atomic E-state index is 12.1. The molecule has 1 fully saturated rings. The van der Waals surface area contributed by atoms with Crippen molar-refractivity contribution in [2.75, 3.05) is 20.3 Å². The fourth-order valence-corrected chi connectivity index (χ4v) is 2.20. The van der Waals surface area contributed by atoms with Gasteiger partial charge in [-0.05, 0) is 18.8 Å². The lowest BCUT2D eigenvalue weighted by Gasteiger charge is -2.39. The first kappa shape index (κ1) is 13.0. The van der Waals surface area contributed by atoms with Gasteiger partial charge in [-0.25, -0.2) is 0 Å². The Labute approximate surface area is 97.8 Å². The van der Waals surface area contributed by atoms with Crippen LogP contribution in [0.25, 0.3) is 0 Å². The van der Waals surface area contributed by atoms with Crippen LogP contribution in [-0.2, 0) is 9.53 Å². The number of rotatable bonds is 4. The highest BCUT2D eigenvalue weighted by Gasteiger charge is 2.31. The molecule has 1 saturated heterocycles. The van der Waals surface area contributed by atoms with Gasteiger partial charge < -0.3 is 9.64 Å². The molecule has 1 rings (SSSR count). The monoisotopic (exact) mass is 223 g/mol. The van der Waals surface area contributed by atoms with Gasteiger partial charge in [-0.2, -0.15) is 0 Å². The molecule has 2 atom stereocenters. The van der Waals surface area contributed by atoms with E-state index in [-0.39, 0.29) is 11.9 Å². The SMILES string of the molecule is C=CC(=C)C(=O)N1CCC[C@@H](C)[C@H]1COC. The summed E-state index contributed by atoms with van der Waals surface area (Å²) in [5.41, 5.74) is 0.468. The van der Waals surface area contributed by atoms with Crippen molar-refractivity contribution < 1.29 is 9.53 Å². The van der Waals surface area contributed by atoms with Crippen molar-refractivity contribution >= 4 is 5.91 Å². The fourth-order valence-electron chi connectivity index (χ4n) is 2.20. The van der Waals surface area contributed by atoms with Crippen LogP contribution in [0.3, 0.4) is 0 Å². The van der Waals surface area contributed by atoms with E-state index in [1.165, 1.54) is 6.08 Å². The Bertz CT molecular complexity index is 286. The van der Waals surface area contributed by atoms with Gasteiger partial charge in [0.1, 0.15) is 0 Å². The third kappa shape index (κ3) is 2.73. The van der Waals surface area contributed by atoms with E-state index in [2.05, 4.69) is 20.1 Å². The van der Waals surface area contributed by atoms with Gasteiger partial charge in [0.25, 0.3) is 5.91 Å². The first-order chi connectivity index (χ1) is 7.61. The number of carbonyl (C=O) groups is 1. The Morgan fingerprint density at radius 1 is 1.62 bits per heavy atom. The summed E-state index contributed by atoms with van der Waals surface area (Å²) in [5, 5.41) is 0. The lowest BCUT2D eigenvalue weighted by Crippen LogP contribution is -2.50. The molecule has 0 spiro atoms. The number of nitrogens with zero attached hydrogens (tertiary/aromatic N) is 1. The molecule has 0 aromatic heterocycles. The van der Waals surface area contributed by atoms with Crippen LogP contribution in [0.5, 0.6) is 0 Å². The topological polar surface area (TPSA) is 29.5 Å². The number of hydrogen-bond donors (Lipinski definition) is 0. The molecule has 1 aliphatic rings. The summed E-state index contributed by atoms with van der Waals surface area (Å²) in [6, 6.07) is 0.169. The molecule has 0 radical (unpaired) electrons. The van der Waals surface area contributed by atoms with Crippen LogP contribution in [0.15, 0.2) is 24.8 Å². The van der Waals surface area contributed by atoms with Crippen molar-refractivity contribution in [2.45, 2.75) is 25.8 Å². The number of carbonyl (C=O) groups excluding carboxylic acids is 1. The van der Waals surface area contributed by atoms with E-state index in [4.69, 9.17) is 4.74 Å². The zero-order chi connectivity index (χ0) is 12.1. The van der Waals surface area contributed by atoms with E-state index in [1.54, 1.807) is 7.11 Å². The Kier molecular flexibility index (Phi) is 4.74. The van der Waals surface area contributed by atoms with Crippen molar-refractivity contribution in [3.8, 4) is 0 Å². The third-order valence-electron chi connectivity index (χ3n) is 3.24. The minimum atomic E-state index is -0.0106. The third-order valence-corrected chi connectivity index (χ3v) is 3.24. The minimum absolute atomic E-state index is 0.0106. The van der Waals surface area contributed by atoms with E-state index in [9.17, 15) is 4.79 Å². The van der Waals surface area contributed by atoms with Crippen molar-refractivity contribution in [3.63, 3.8) is 0 Å². The number of piperidine rings is 1. The normalized spacial score (nSPS) is 25.2. The molecule has 0 N–H and O–H groups in total. The molecule has 16 heavy (non-hydrogen) atoms. The van der Waals surface area contributed by atoms with Crippen molar-refractivity contribution in [3.05, 3.63) is 24.8 Å². The van der Waals surface area contributed by atoms with Crippen molar-refractivity contribution in [2.24, 2.45) is 5.92 Å². The van der Waals surface area contributed by atoms with Crippen LogP contribution >= 0.6 is 0 Å². The van der Waals surface area contributed by atoms with Crippen LogP contribution in [-0.4, -0.2) is 37.1 Å². The van der Waals surface area contributed by atoms with E-state index >= 15 is 0 Å². The zero-order valence-electron chi connectivity index (χ0n) is 10.2. The first-order valence-corrected chi connectivity index (χ1v) is 5.73. The van der Waals surface area contributed by atoms with Gasteiger partial charge in [0.2, 0.25) is 0 Å². The highest BCUT2D eigenvalue weighted by molar-refractivity contribution is 5.95. The van der Waals surface area contributed by atoms with Gasteiger partial charge in [0, 0.05) is 19.2 Å². The van der Waals surface area contributed by atoms with Gasteiger partial charge in [-0.3, -0.25) is 4.79 Å². The van der Waals surface area contributed by atoms with Crippen LogP contribution in [0.2, 0.25) is 0 Å². The largest absolute Gasteiger partial charge is 0.383 e. The molecule has 0 aromatic carbocycles. The second kappa shape index (κ2) is 5.85.